The first kappa shape index (κ1) is 13.2. The van der Waals surface area contributed by atoms with Crippen LogP contribution < -0.4 is 0 Å². The summed E-state index contributed by atoms with van der Waals surface area (Å²) in [5.74, 6) is -0.0197. The Labute approximate surface area is 99.4 Å². The molecule has 1 aromatic heterocycles. The van der Waals surface area contributed by atoms with Crippen molar-refractivity contribution >= 4 is 11.8 Å². The van der Waals surface area contributed by atoms with Crippen LogP contribution >= 0.6 is 0 Å². The third-order valence-electron chi connectivity index (χ3n) is 2.10. The van der Waals surface area contributed by atoms with Crippen molar-refractivity contribution in [1.82, 2.24) is 5.16 Å². The first-order chi connectivity index (χ1) is 8.04. The van der Waals surface area contributed by atoms with Gasteiger partial charge in [0.2, 0.25) is 5.78 Å². The van der Waals surface area contributed by atoms with Gasteiger partial charge in [0.25, 0.3) is 0 Å². The zero-order valence-electron chi connectivity index (χ0n) is 10.1. The molecule has 0 atom stereocenters. The molecular formula is C12H15NO4. The quantitative estimate of drug-likeness (QED) is 0.445. The molecule has 0 radical (unpaired) electrons. The van der Waals surface area contributed by atoms with E-state index in [9.17, 15) is 9.59 Å². The van der Waals surface area contributed by atoms with Crippen molar-refractivity contribution in [3.8, 4) is 0 Å². The van der Waals surface area contributed by atoms with Gasteiger partial charge in [-0.2, -0.15) is 0 Å². The third kappa shape index (κ3) is 3.86. The van der Waals surface area contributed by atoms with E-state index in [0.29, 0.717) is 17.9 Å². The van der Waals surface area contributed by atoms with Crippen LogP contribution in [0.3, 0.4) is 0 Å². The molecule has 5 heteroatoms. The lowest BCUT2D eigenvalue weighted by molar-refractivity contribution is -0.142. The van der Waals surface area contributed by atoms with E-state index in [1.165, 1.54) is 6.08 Å². The molecule has 0 fully saturated rings. The lowest BCUT2D eigenvalue weighted by Gasteiger charge is -1.99. The average molecular weight is 237 g/mol. The van der Waals surface area contributed by atoms with Gasteiger partial charge in [-0.05, 0) is 26.3 Å². The third-order valence-corrected chi connectivity index (χ3v) is 2.10. The van der Waals surface area contributed by atoms with E-state index in [2.05, 4.69) is 5.16 Å². The van der Waals surface area contributed by atoms with E-state index in [1.54, 1.807) is 26.8 Å². The van der Waals surface area contributed by atoms with Gasteiger partial charge in [0.15, 0.2) is 5.69 Å². The van der Waals surface area contributed by atoms with Crippen molar-refractivity contribution in [2.45, 2.75) is 27.2 Å². The second kappa shape index (κ2) is 5.98. The summed E-state index contributed by atoms with van der Waals surface area (Å²) < 4.78 is 9.56. The Kier molecular flexibility index (Phi) is 4.63. The Bertz CT molecular complexity index is 445. The molecule has 0 aliphatic carbocycles. The number of ketones is 1. The second-order valence-electron chi connectivity index (χ2n) is 3.55. The van der Waals surface area contributed by atoms with Crippen molar-refractivity contribution in [2.24, 2.45) is 0 Å². The van der Waals surface area contributed by atoms with Crippen LogP contribution in [0.2, 0.25) is 0 Å². The molecule has 0 saturated carbocycles. The highest BCUT2D eigenvalue weighted by atomic mass is 16.5. The van der Waals surface area contributed by atoms with Crippen molar-refractivity contribution in [2.75, 3.05) is 6.61 Å². The molecule has 0 N–H and O–H groups in total. The van der Waals surface area contributed by atoms with Crippen molar-refractivity contribution in [3.05, 3.63) is 29.2 Å². The second-order valence-corrected chi connectivity index (χ2v) is 3.55. The SMILES string of the molecule is CCOC(=O)C/C=C(\C)C(=O)c1cc(C)on1. The molecule has 0 aromatic carbocycles. The summed E-state index contributed by atoms with van der Waals surface area (Å²) in [5, 5.41) is 3.62. The molecule has 0 aliphatic rings. The molecule has 1 aromatic rings. The van der Waals surface area contributed by atoms with E-state index in [-0.39, 0.29) is 23.9 Å². The molecule has 0 unspecified atom stereocenters. The minimum Gasteiger partial charge on any atom is -0.466 e. The van der Waals surface area contributed by atoms with Crippen molar-refractivity contribution in [3.63, 3.8) is 0 Å². The monoisotopic (exact) mass is 237 g/mol. The summed E-state index contributed by atoms with van der Waals surface area (Å²) in [5.41, 5.74) is 0.700. The molecule has 92 valence electrons. The number of nitrogens with zero attached hydrogens (tertiary/aromatic N) is 1. The number of ether oxygens (including phenoxy) is 1. The number of rotatable bonds is 5. The Morgan fingerprint density at radius 2 is 2.24 bits per heavy atom. The highest BCUT2D eigenvalue weighted by Gasteiger charge is 2.13. The normalized spacial score (nSPS) is 11.4. The smallest absolute Gasteiger partial charge is 0.309 e. The molecule has 1 heterocycles. The summed E-state index contributed by atoms with van der Waals surface area (Å²) in [4.78, 5) is 22.9. The fourth-order valence-corrected chi connectivity index (χ4v) is 1.22. The lowest BCUT2D eigenvalue weighted by Crippen LogP contribution is -2.05. The van der Waals surface area contributed by atoms with E-state index >= 15 is 0 Å². The van der Waals surface area contributed by atoms with Gasteiger partial charge in [0, 0.05) is 6.07 Å². The van der Waals surface area contributed by atoms with E-state index in [4.69, 9.17) is 9.26 Å². The summed E-state index contributed by atoms with van der Waals surface area (Å²) in [6, 6.07) is 1.56. The van der Waals surface area contributed by atoms with Crippen LogP contribution in [-0.2, 0) is 9.53 Å². The highest BCUT2D eigenvalue weighted by molar-refractivity contribution is 6.07. The van der Waals surface area contributed by atoms with Crippen molar-refractivity contribution in [1.29, 1.82) is 0 Å². The Balaban J connectivity index is 2.63. The topological polar surface area (TPSA) is 69.4 Å². The molecule has 5 nitrogen and oxygen atoms in total. The summed E-state index contributed by atoms with van der Waals surface area (Å²) >= 11 is 0. The minimum absolute atomic E-state index is 0.0856. The number of hydrogen-bond donors (Lipinski definition) is 0. The maximum Gasteiger partial charge on any atom is 0.309 e. The number of carbonyl (C=O) groups excluding carboxylic acids is 2. The molecule has 0 spiro atoms. The van der Waals surface area contributed by atoms with E-state index in [1.807, 2.05) is 0 Å². The van der Waals surface area contributed by atoms with Crippen LogP contribution in [0.4, 0.5) is 0 Å². The van der Waals surface area contributed by atoms with E-state index in [0.717, 1.165) is 0 Å². The zero-order chi connectivity index (χ0) is 12.8. The Morgan fingerprint density at radius 3 is 2.76 bits per heavy atom. The number of carbonyl (C=O) groups is 2. The molecule has 0 aliphatic heterocycles. The summed E-state index contributed by atoms with van der Waals surface area (Å²) in [6.45, 7) is 5.41. The molecule has 1 rings (SSSR count). The predicted octanol–water partition coefficient (Wildman–Crippen LogP) is 2.07. The number of aromatic nitrogens is 1. The Morgan fingerprint density at radius 1 is 1.53 bits per heavy atom. The standard InChI is InChI=1S/C12H15NO4/c1-4-16-11(14)6-5-8(2)12(15)10-7-9(3)17-13-10/h5,7H,4,6H2,1-3H3/b8-5+. The number of Topliss-reactive ketones (excluding diaryl/α,β-unsaturated/α-hetero) is 1. The molecule has 0 bridgehead atoms. The highest BCUT2D eigenvalue weighted by Crippen LogP contribution is 2.09. The number of esters is 1. The Hall–Kier alpha value is -1.91. The maximum absolute atomic E-state index is 11.8. The van der Waals surface area contributed by atoms with Crippen LogP contribution in [0.5, 0.6) is 0 Å². The van der Waals surface area contributed by atoms with Crippen LogP contribution in [0.15, 0.2) is 22.2 Å². The van der Waals surface area contributed by atoms with Gasteiger partial charge in [0.1, 0.15) is 5.76 Å². The fraction of sp³-hybridized carbons (Fsp3) is 0.417. The van der Waals surface area contributed by atoms with Gasteiger partial charge in [-0.1, -0.05) is 11.2 Å². The number of allylic oxidation sites excluding steroid dienone is 1. The largest absolute Gasteiger partial charge is 0.466 e. The van der Waals surface area contributed by atoms with Gasteiger partial charge >= 0.3 is 5.97 Å². The average Bonchev–Trinajstić information content (AvgIpc) is 2.72. The summed E-state index contributed by atoms with van der Waals surface area (Å²) in [7, 11) is 0. The lowest BCUT2D eigenvalue weighted by atomic mass is 10.1. The number of aryl methyl sites for hydroxylation is 1. The maximum atomic E-state index is 11.8. The van der Waals surface area contributed by atoms with Gasteiger partial charge < -0.3 is 9.26 Å². The molecular weight excluding hydrogens is 222 g/mol. The molecule has 17 heavy (non-hydrogen) atoms. The first-order valence-corrected chi connectivity index (χ1v) is 5.35. The van der Waals surface area contributed by atoms with Crippen LogP contribution in [0, 0.1) is 6.92 Å². The van der Waals surface area contributed by atoms with Gasteiger partial charge in [-0.3, -0.25) is 9.59 Å². The van der Waals surface area contributed by atoms with Gasteiger partial charge in [-0.15, -0.1) is 0 Å². The van der Waals surface area contributed by atoms with Crippen LogP contribution in [0.25, 0.3) is 0 Å². The van der Waals surface area contributed by atoms with Crippen molar-refractivity contribution < 1.29 is 18.8 Å². The first-order valence-electron chi connectivity index (χ1n) is 5.35. The predicted molar refractivity (Wildman–Crippen MR) is 60.6 cm³/mol. The fourth-order valence-electron chi connectivity index (χ4n) is 1.22. The minimum atomic E-state index is -0.351. The summed E-state index contributed by atoms with van der Waals surface area (Å²) in [6.07, 6.45) is 1.62. The van der Waals surface area contributed by atoms with Crippen LogP contribution in [-0.4, -0.2) is 23.5 Å². The molecule has 0 amide bonds. The van der Waals surface area contributed by atoms with Gasteiger partial charge in [-0.25, -0.2) is 0 Å². The van der Waals surface area contributed by atoms with Crippen LogP contribution in [0.1, 0.15) is 36.5 Å². The van der Waals surface area contributed by atoms with Gasteiger partial charge in [0.05, 0.1) is 13.0 Å². The van der Waals surface area contributed by atoms with E-state index < -0.39 is 0 Å². The number of hydrogen-bond acceptors (Lipinski definition) is 5. The molecule has 0 saturated heterocycles. The zero-order valence-corrected chi connectivity index (χ0v) is 10.1.